The quantitative estimate of drug-likeness (QED) is 0.844. The number of nitrogens with zero attached hydrogens (tertiary/aromatic N) is 3. The molecule has 0 bridgehead atoms. The Morgan fingerprint density at radius 1 is 1.40 bits per heavy atom. The van der Waals surface area contributed by atoms with E-state index in [2.05, 4.69) is 27.4 Å². The average molecular weight is 345 g/mol. The SMILES string of the molecule is CCN1CCC[C@@H]1CNC(=O)NCc1ccc(-n2ccnc2)c(F)c1. The molecule has 1 aromatic carbocycles. The second-order valence-corrected chi connectivity index (χ2v) is 6.24. The Kier molecular flexibility index (Phi) is 5.65. The molecule has 2 heterocycles. The maximum Gasteiger partial charge on any atom is 0.315 e. The number of halogens is 1. The van der Waals surface area contributed by atoms with E-state index < -0.39 is 0 Å². The lowest BCUT2D eigenvalue weighted by Crippen LogP contribution is -2.43. The normalized spacial score (nSPS) is 17.6. The third-order valence-corrected chi connectivity index (χ3v) is 4.65. The molecule has 1 aliphatic heterocycles. The highest BCUT2D eigenvalue weighted by atomic mass is 19.1. The molecular weight excluding hydrogens is 321 g/mol. The van der Waals surface area contributed by atoms with Crippen molar-refractivity contribution in [3.05, 3.63) is 48.3 Å². The Balaban J connectivity index is 1.48. The smallest absolute Gasteiger partial charge is 0.315 e. The molecule has 6 nitrogen and oxygen atoms in total. The summed E-state index contributed by atoms with van der Waals surface area (Å²) in [5.74, 6) is -0.345. The summed E-state index contributed by atoms with van der Waals surface area (Å²) in [5, 5.41) is 5.69. The van der Waals surface area contributed by atoms with Crippen LogP contribution in [0.2, 0.25) is 0 Å². The van der Waals surface area contributed by atoms with Crippen LogP contribution in [-0.4, -0.2) is 46.2 Å². The van der Waals surface area contributed by atoms with Crippen molar-refractivity contribution in [2.75, 3.05) is 19.6 Å². The van der Waals surface area contributed by atoms with Gasteiger partial charge in [-0.1, -0.05) is 13.0 Å². The number of nitrogens with one attached hydrogen (secondary N) is 2. The molecule has 25 heavy (non-hydrogen) atoms. The van der Waals surface area contributed by atoms with Crippen LogP contribution in [0.4, 0.5) is 9.18 Å². The van der Waals surface area contributed by atoms with E-state index in [1.165, 1.54) is 12.5 Å². The molecule has 0 unspecified atom stereocenters. The Labute approximate surface area is 147 Å². The first-order chi connectivity index (χ1) is 12.2. The third-order valence-electron chi connectivity index (χ3n) is 4.65. The minimum Gasteiger partial charge on any atom is -0.337 e. The molecule has 134 valence electrons. The molecule has 2 aromatic rings. The van der Waals surface area contributed by atoms with E-state index in [1.807, 2.05) is 0 Å². The summed E-state index contributed by atoms with van der Waals surface area (Å²) in [6.45, 7) is 5.19. The van der Waals surface area contributed by atoms with E-state index >= 15 is 0 Å². The van der Waals surface area contributed by atoms with Crippen LogP contribution in [-0.2, 0) is 6.54 Å². The maximum atomic E-state index is 14.2. The van der Waals surface area contributed by atoms with Crippen LogP contribution >= 0.6 is 0 Å². The second-order valence-electron chi connectivity index (χ2n) is 6.24. The maximum absolute atomic E-state index is 14.2. The summed E-state index contributed by atoms with van der Waals surface area (Å²) >= 11 is 0. The average Bonchev–Trinajstić information content (AvgIpc) is 3.29. The van der Waals surface area contributed by atoms with Gasteiger partial charge in [-0.15, -0.1) is 0 Å². The van der Waals surface area contributed by atoms with Crippen molar-refractivity contribution in [3.8, 4) is 5.69 Å². The standard InChI is InChI=1S/C18H24FN5O/c1-2-23-8-3-4-15(23)12-22-18(25)21-11-14-5-6-17(16(19)10-14)24-9-7-20-13-24/h5-7,9-10,13,15H,2-4,8,11-12H2,1H3,(H2,21,22,25)/t15-/m1/s1. The monoisotopic (exact) mass is 345 g/mol. The van der Waals surface area contributed by atoms with Gasteiger partial charge in [-0.25, -0.2) is 14.2 Å². The fraction of sp³-hybridized carbons (Fsp3) is 0.444. The van der Waals surface area contributed by atoms with E-state index in [9.17, 15) is 9.18 Å². The van der Waals surface area contributed by atoms with Crippen LogP contribution in [0.1, 0.15) is 25.3 Å². The molecule has 3 rings (SSSR count). The van der Waals surface area contributed by atoms with Crippen molar-refractivity contribution in [1.29, 1.82) is 0 Å². The first kappa shape index (κ1) is 17.4. The fourth-order valence-electron chi connectivity index (χ4n) is 3.27. The molecule has 1 aromatic heterocycles. The molecule has 0 radical (unpaired) electrons. The van der Waals surface area contributed by atoms with Crippen molar-refractivity contribution in [3.63, 3.8) is 0 Å². The van der Waals surface area contributed by atoms with Gasteiger partial charge in [0.2, 0.25) is 0 Å². The van der Waals surface area contributed by atoms with Crippen molar-refractivity contribution in [1.82, 2.24) is 25.1 Å². The molecule has 1 aliphatic rings. The lowest BCUT2D eigenvalue weighted by Gasteiger charge is -2.22. The molecule has 2 N–H and O–H groups in total. The van der Waals surface area contributed by atoms with Crippen LogP contribution in [0, 0.1) is 5.82 Å². The summed E-state index contributed by atoms with van der Waals surface area (Å²) < 4.78 is 15.8. The molecule has 1 fully saturated rings. The first-order valence-corrected chi connectivity index (χ1v) is 8.70. The Morgan fingerprint density at radius 2 is 2.28 bits per heavy atom. The van der Waals surface area contributed by atoms with Gasteiger partial charge in [0, 0.05) is 31.5 Å². The number of imidazole rings is 1. The number of amides is 2. The summed E-state index contributed by atoms with van der Waals surface area (Å²) in [5.41, 5.74) is 1.15. The van der Waals surface area contributed by atoms with E-state index in [4.69, 9.17) is 0 Å². The lowest BCUT2D eigenvalue weighted by atomic mass is 10.2. The molecule has 0 saturated carbocycles. The molecule has 0 aliphatic carbocycles. The van der Waals surface area contributed by atoms with Gasteiger partial charge in [0.1, 0.15) is 5.82 Å². The Bertz CT molecular complexity index is 703. The highest BCUT2D eigenvalue weighted by Crippen LogP contribution is 2.16. The summed E-state index contributed by atoms with van der Waals surface area (Å²) in [4.78, 5) is 18.3. The number of benzene rings is 1. The molecule has 1 saturated heterocycles. The summed E-state index contributed by atoms with van der Waals surface area (Å²) in [7, 11) is 0. The minimum absolute atomic E-state index is 0.220. The van der Waals surface area contributed by atoms with Crippen LogP contribution in [0.5, 0.6) is 0 Å². The number of hydrogen-bond acceptors (Lipinski definition) is 3. The molecule has 7 heteroatoms. The largest absolute Gasteiger partial charge is 0.337 e. The summed E-state index contributed by atoms with van der Waals surface area (Å²) in [6, 6.07) is 5.12. The molecule has 1 atom stereocenters. The number of hydrogen-bond donors (Lipinski definition) is 2. The van der Waals surface area contributed by atoms with E-state index in [-0.39, 0.29) is 18.4 Å². The second kappa shape index (κ2) is 8.11. The number of carbonyl (C=O) groups is 1. The van der Waals surface area contributed by atoms with Crippen LogP contribution in [0.15, 0.2) is 36.9 Å². The number of likely N-dealkylation sites (N-methyl/N-ethyl adjacent to an activating group) is 1. The highest BCUT2D eigenvalue weighted by molar-refractivity contribution is 5.73. The van der Waals surface area contributed by atoms with E-state index in [0.717, 1.165) is 19.5 Å². The summed E-state index contributed by atoms with van der Waals surface area (Å²) in [6.07, 6.45) is 7.14. The number of rotatable bonds is 6. The van der Waals surface area contributed by atoms with Gasteiger partial charge < -0.3 is 15.2 Å². The Morgan fingerprint density at radius 3 is 3.00 bits per heavy atom. The van der Waals surface area contributed by atoms with Gasteiger partial charge in [0.05, 0.1) is 12.0 Å². The lowest BCUT2D eigenvalue weighted by molar-refractivity contribution is 0.228. The first-order valence-electron chi connectivity index (χ1n) is 8.70. The van der Waals surface area contributed by atoms with Crippen LogP contribution in [0.3, 0.4) is 0 Å². The number of aromatic nitrogens is 2. The van der Waals surface area contributed by atoms with Gasteiger partial charge in [-0.05, 0) is 43.6 Å². The van der Waals surface area contributed by atoms with E-state index in [0.29, 0.717) is 23.8 Å². The van der Waals surface area contributed by atoms with Crippen LogP contribution in [0.25, 0.3) is 5.69 Å². The number of urea groups is 1. The molecule has 0 spiro atoms. The highest BCUT2D eigenvalue weighted by Gasteiger charge is 2.22. The number of likely N-dealkylation sites (tertiary alicyclic amines) is 1. The van der Waals surface area contributed by atoms with Gasteiger partial charge >= 0.3 is 6.03 Å². The van der Waals surface area contributed by atoms with Crippen LogP contribution < -0.4 is 10.6 Å². The van der Waals surface area contributed by atoms with Gasteiger partial charge in [0.15, 0.2) is 0 Å². The van der Waals surface area contributed by atoms with Crippen molar-refractivity contribution >= 4 is 6.03 Å². The Hall–Kier alpha value is -2.41. The fourth-order valence-corrected chi connectivity index (χ4v) is 3.27. The zero-order chi connectivity index (χ0) is 17.6. The number of carbonyl (C=O) groups excluding carboxylic acids is 1. The topological polar surface area (TPSA) is 62.2 Å². The van der Waals surface area contributed by atoms with E-state index in [1.54, 1.807) is 35.4 Å². The van der Waals surface area contributed by atoms with Crippen molar-refractivity contribution < 1.29 is 9.18 Å². The van der Waals surface area contributed by atoms with Gasteiger partial charge in [-0.2, -0.15) is 0 Å². The third kappa shape index (κ3) is 4.36. The van der Waals surface area contributed by atoms with Crippen molar-refractivity contribution in [2.45, 2.75) is 32.4 Å². The molecule has 2 amide bonds. The minimum atomic E-state index is -0.345. The zero-order valence-corrected chi connectivity index (χ0v) is 14.4. The van der Waals surface area contributed by atoms with Gasteiger partial charge in [-0.3, -0.25) is 4.90 Å². The van der Waals surface area contributed by atoms with Gasteiger partial charge in [0.25, 0.3) is 0 Å². The molecular formula is C18H24FN5O. The predicted octanol–water partition coefficient (Wildman–Crippen LogP) is 2.29. The predicted molar refractivity (Wildman–Crippen MR) is 94.0 cm³/mol. The zero-order valence-electron chi connectivity index (χ0n) is 14.4. The van der Waals surface area contributed by atoms with Crippen molar-refractivity contribution in [2.24, 2.45) is 0 Å².